The molecule has 0 saturated carbocycles. The molecule has 6 heteroatoms. The van der Waals surface area contributed by atoms with E-state index in [4.69, 9.17) is 4.74 Å². The minimum atomic E-state index is -0.388. The van der Waals surface area contributed by atoms with E-state index < -0.39 is 0 Å². The van der Waals surface area contributed by atoms with Crippen LogP contribution in [0.2, 0.25) is 0 Å². The van der Waals surface area contributed by atoms with Crippen molar-refractivity contribution >= 4 is 23.1 Å². The minimum absolute atomic E-state index is 0.312. The van der Waals surface area contributed by atoms with Crippen molar-refractivity contribution in [1.29, 1.82) is 0 Å². The fourth-order valence-electron chi connectivity index (χ4n) is 3.59. The molecule has 1 fully saturated rings. The molecule has 144 valence electrons. The summed E-state index contributed by atoms with van der Waals surface area (Å²) in [5, 5.41) is 0. The Morgan fingerprint density at radius 3 is 2.18 bits per heavy atom. The largest absolute Gasteiger partial charge is 0.378 e. The number of carbonyl (C=O) groups is 2. The van der Waals surface area contributed by atoms with Crippen molar-refractivity contribution in [3.63, 3.8) is 0 Å². The average molecular weight is 380 g/mol. The summed E-state index contributed by atoms with van der Waals surface area (Å²) < 4.78 is 18.8. The molecule has 0 radical (unpaired) electrons. The first-order chi connectivity index (χ1) is 13.6. The number of ether oxygens (including phenoxy) is 1. The molecule has 0 N–H and O–H groups in total. The fraction of sp³-hybridized carbons (Fsp3) is 0.273. The second-order valence-electron chi connectivity index (χ2n) is 6.80. The van der Waals surface area contributed by atoms with E-state index in [9.17, 15) is 14.0 Å². The first kappa shape index (κ1) is 18.4. The van der Waals surface area contributed by atoms with Gasteiger partial charge in [-0.2, -0.15) is 0 Å². The summed E-state index contributed by atoms with van der Waals surface area (Å²) in [4.78, 5) is 29.7. The Morgan fingerprint density at radius 2 is 1.57 bits per heavy atom. The average Bonchev–Trinajstić information content (AvgIpc) is 2.99. The van der Waals surface area contributed by atoms with E-state index >= 15 is 0 Å². The van der Waals surface area contributed by atoms with Gasteiger partial charge in [-0.25, -0.2) is 9.29 Å². The van der Waals surface area contributed by atoms with Gasteiger partial charge in [0, 0.05) is 13.1 Å². The van der Waals surface area contributed by atoms with Crippen LogP contribution in [0.1, 0.15) is 18.1 Å². The number of carbonyl (C=O) groups excluding carboxylic acids is 2. The normalized spacial score (nSPS) is 17.6. The van der Waals surface area contributed by atoms with Gasteiger partial charge >= 0.3 is 0 Å². The number of hydrogen-bond donors (Lipinski definition) is 0. The molecule has 0 aromatic heterocycles. The first-order valence-electron chi connectivity index (χ1n) is 9.40. The van der Waals surface area contributed by atoms with Gasteiger partial charge in [0.15, 0.2) is 0 Å². The van der Waals surface area contributed by atoms with Crippen LogP contribution in [0.25, 0.3) is 5.57 Å². The predicted molar refractivity (Wildman–Crippen MR) is 104 cm³/mol. The highest BCUT2D eigenvalue weighted by atomic mass is 19.1. The van der Waals surface area contributed by atoms with Crippen LogP contribution >= 0.6 is 0 Å². The highest BCUT2D eigenvalue weighted by Crippen LogP contribution is 2.35. The number of aryl methyl sites for hydroxylation is 1. The van der Waals surface area contributed by atoms with E-state index in [0.717, 1.165) is 12.0 Å². The summed E-state index contributed by atoms with van der Waals surface area (Å²) in [6.07, 6.45) is 0.875. The summed E-state index contributed by atoms with van der Waals surface area (Å²) in [5.41, 5.74) is 2.87. The molecule has 2 heterocycles. The van der Waals surface area contributed by atoms with Gasteiger partial charge < -0.3 is 9.64 Å². The molecule has 5 nitrogen and oxygen atoms in total. The molecule has 1 saturated heterocycles. The lowest BCUT2D eigenvalue weighted by molar-refractivity contribution is -0.121. The van der Waals surface area contributed by atoms with E-state index in [1.165, 1.54) is 17.0 Å². The Labute approximate surface area is 163 Å². The van der Waals surface area contributed by atoms with Gasteiger partial charge in [0.05, 0.1) is 24.5 Å². The van der Waals surface area contributed by atoms with Gasteiger partial charge in [0.25, 0.3) is 11.8 Å². The number of imide groups is 1. The van der Waals surface area contributed by atoms with Gasteiger partial charge in [-0.05, 0) is 41.8 Å². The summed E-state index contributed by atoms with van der Waals surface area (Å²) in [7, 11) is 0. The molecule has 0 atom stereocenters. The van der Waals surface area contributed by atoms with E-state index in [1.54, 1.807) is 24.3 Å². The number of nitrogens with zero attached hydrogens (tertiary/aromatic N) is 2. The highest BCUT2D eigenvalue weighted by Gasteiger charge is 2.42. The number of benzene rings is 2. The molecular formula is C22H21FN2O3. The number of hydrogen-bond acceptors (Lipinski definition) is 4. The number of anilines is 1. The molecule has 28 heavy (non-hydrogen) atoms. The fourth-order valence-corrected chi connectivity index (χ4v) is 3.59. The molecule has 0 spiro atoms. The van der Waals surface area contributed by atoms with Gasteiger partial charge in [-0.1, -0.05) is 31.2 Å². The Hall–Kier alpha value is -2.99. The zero-order valence-electron chi connectivity index (χ0n) is 15.7. The molecule has 2 aliphatic heterocycles. The minimum Gasteiger partial charge on any atom is -0.378 e. The summed E-state index contributed by atoms with van der Waals surface area (Å²) >= 11 is 0. The molecule has 2 amide bonds. The molecule has 2 aromatic carbocycles. The van der Waals surface area contributed by atoms with Crippen LogP contribution in [0.5, 0.6) is 0 Å². The molecule has 0 bridgehead atoms. The second-order valence-corrected chi connectivity index (χ2v) is 6.80. The molecule has 2 aliphatic rings. The van der Waals surface area contributed by atoms with Gasteiger partial charge in [-0.15, -0.1) is 0 Å². The lowest BCUT2D eigenvalue weighted by atomic mass is 10.0. The number of morpholine rings is 1. The smallest absolute Gasteiger partial charge is 0.282 e. The zero-order valence-corrected chi connectivity index (χ0v) is 15.7. The zero-order chi connectivity index (χ0) is 19.7. The maximum Gasteiger partial charge on any atom is 0.282 e. The lowest BCUT2D eigenvalue weighted by Crippen LogP contribution is -2.40. The van der Waals surface area contributed by atoms with Crippen molar-refractivity contribution in [2.45, 2.75) is 13.3 Å². The second kappa shape index (κ2) is 7.56. The van der Waals surface area contributed by atoms with Crippen LogP contribution in [0.3, 0.4) is 0 Å². The summed E-state index contributed by atoms with van der Waals surface area (Å²) in [6, 6.07) is 13.1. The highest BCUT2D eigenvalue weighted by molar-refractivity contribution is 6.45. The van der Waals surface area contributed by atoms with Crippen molar-refractivity contribution in [2.24, 2.45) is 0 Å². The third-order valence-corrected chi connectivity index (χ3v) is 5.12. The molecule has 0 aliphatic carbocycles. The standard InChI is InChI=1S/C22H21FN2O3/c1-2-15-3-9-18(10-4-15)25-21(26)19(16-5-7-17(23)8-6-16)20(22(25)27)24-11-13-28-14-12-24/h3-10H,2,11-14H2,1H3. The Balaban J connectivity index is 1.79. The lowest BCUT2D eigenvalue weighted by Gasteiger charge is -2.29. The van der Waals surface area contributed by atoms with Crippen molar-refractivity contribution in [2.75, 3.05) is 31.2 Å². The van der Waals surface area contributed by atoms with Crippen molar-refractivity contribution in [3.05, 3.63) is 71.2 Å². The number of halogens is 1. The topological polar surface area (TPSA) is 49.9 Å². The van der Waals surface area contributed by atoms with Crippen LogP contribution in [-0.4, -0.2) is 43.0 Å². The predicted octanol–water partition coefficient (Wildman–Crippen LogP) is 3.00. The summed E-state index contributed by atoms with van der Waals surface area (Å²) in [5.74, 6) is -1.13. The summed E-state index contributed by atoms with van der Waals surface area (Å²) in [6.45, 7) is 4.09. The molecule has 0 unspecified atom stereocenters. The monoisotopic (exact) mass is 380 g/mol. The molecule has 4 rings (SSSR count). The molecule has 2 aromatic rings. The maximum atomic E-state index is 13.4. The van der Waals surface area contributed by atoms with Gasteiger partial charge in [-0.3, -0.25) is 9.59 Å². The molecular weight excluding hydrogens is 359 g/mol. The van der Waals surface area contributed by atoms with Crippen LogP contribution in [0.4, 0.5) is 10.1 Å². The van der Waals surface area contributed by atoms with E-state index in [1.807, 2.05) is 24.0 Å². The van der Waals surface area contributed by atoms with Gasteiger partial charge in [0.2, 0.25) is 0 Å². The third-order valence-electron chi connectivity index (χ3n) is 5.12. The van der Waals surface area contributed by atoms with Crippen LogP contribution in [-0.2, 0) is 20.7 Å². The Morgan fingerprint density at radius 1 is 0.929 bits per heavy atom. The van der Waals surface area contributed by atoms with Crippen LogP contribution in [0.15, 0.2) is 54.2 Å². The van der Waals surface area contributed by atoms with Gasteiger partial charge in [0.1, 0.15) is 11.5 Å². The Kier molecular flexibility index (Phi) is 4.96. The SMILES string of the molecule is CCc1ccc(N2C(=O)C(c3ccc(F)cc3)=C(N3CCOCC3)C2=O)cc1. The van der Waals surface area contributed by atoms with Crippen molar-refractivity contribution in [3.8, 4) is 0 Å². The third kappa shape index (κ3) is 3.20. The van der Waals surface area contributed by atoms with E-state index in [-0.39, 0.29) is 17.6 Å². The maximum absolute atomic E-state index is 13.4. The first-order valence-corrected chi connectivity index (χ1v) is 9.40. The quantitative estimate of drug-likeness (QED) is 0.765. The van der Waals surface area contributed by atoms with Crippen molar-refractivity contribution in [1.82, 2.24) is 4.90 Å². The van der Waals surface area contributed by atoms with Crippen LogP contribution < -0.4 is 4.90 Å². The van der Waals surface area contributed by atoms with Crippen molar-refractivity contribution < 1.29 is 18.7 Å². The van der Waals surface area contributed by atoms with E-state index in [0.29, 0.717) is 48.8 Å². The Bertz CT molecular complexity index is 929. The number of amides is 2. The number of rotatable bonds is 4. The van der Waals surface area contributed by atoms with Crippen LogP contribution in [0, 0.1) is 5.82 Å². The van der Waals surface area contributed by atoms with E-state index in [2.05, 4.69) is 0 Å².